The van der Waals surface area contributed by atoms with E-state index in [2.05, 4.69) is 16.0 Å². The highest BCUT2D eigenvalue weighted by molar-refractivity contribution is 6.07. The summed E-state index contributed by atoms with van der Waals surface area (Å²) in [5.74, 6) is -0.626. The number of benzene rings is 1. The van der Waals surface area contributed by atoms with Gasteiger partial charge in [-0.05, 0) is 91.6 Å². The number of ketones is 1. The van der Waals surface area contributed by atoms with Gasteiger partial charge in [-0.3, -0.25) is 14.8 Å². The number of halogens is 1. The molecule has 35 heavy (non-hydrogen) atoms. The van der Waals surface area contributed by atoms with Crippen LogP contribution in [0.2, 0.25) is 0 Å². The number of aromatic nitrogens is 2. The van der Waals surface area contributed by atoms with Crippen molar-refractivity contribution < 1.29 is 18.7 Å². The molecule has 6 rings (SSSR count). The third-order valence-corrected chi connectivity index (χ3v) is 8.19. The molecule has 2 atom stereocenters. The van der Waals surface area contributed by atoms with Gasteiger partial charge in [0.2, 0.25) is 5.78 Å². The van der Waals surface area contributed by atoms with E-state index >= 15 is 0 Å². The fraction of sp³-hybridized carbons (Fsp3) is 0.414. The molecule has 180 valence electrons. The molecule has 3 aliphatic rings. The molecule has 1 saturated heterocycles. The van der Waals surface area contributed by atoms with Crippen LogP contribution in [-0.4, -0.2) is 34.8 Å². The number of hydrogen-bond acceptors (Lipinski definition) is 5. The van der Waals surface area contributed by atoms with Gasteiger partial charge in [0.25, 0.3) is 0 Å². The molecule has 3 heterocycles. The van der Waals surface area contributed by atoms with Crippen LogP contribution in [0.3, 0.4) is 0 Å². The molecule has 1 spiro atoms. The van der Waals surface area contributed by atoms with Crippen LogP contribution < -0.4 is 0 Å². The second kappa shape index (κ2) is 8.92. The van der Waals surface area contributed by atoms with E-state index < -0.39 is 5.79 Å². The first-order valence-electron chi connectivity index (χ1n) is 12.5. The van der Waals surface area contributed by atoms with Crippen molar-refractivity contribution in [1.29, 1.82) is 0 Å². The van der Waals surface area contributed by atoms with Crippen molar-refractivity contribution in [3.8, 4) is 0 Å². The third kappa shape index (κ3) is 4.09. The first-order valence-corrected chi connectivity index (χ1v) is 12.5. The van der Waals surface area contributed by atoms with E-state index in [1.807, 2.05) is 30.6 Å². The molecule has 3 aromatic rings. The summed E-state index contributed by atoms with van der Waals surface area (Å²) in [7, 11) is 0. The van der Waals surface area contributed by atoms with Gasteiger partial charge >= 0.3 is 0 Å². The minimum Gasteiger partial charge on any atom is -0.348 e. The van der Waals surface area contributed by atoms with Gasteiger partial charge in [0.1, 0.15) is 11.5 Å². The molecule has 0 N–H and O–H groups in total. The van der Waals surface area contributed by atoms with Crippen LogP contribution >= 0.6 is 0 Å². The minimum absolute atomic E-state index is 0.134. The van der Waals surface area contributed by atoms with Crippen molar-refractivity contribution in [1.82, 2.24) is 9.97 Å². The standard InChI is InChI=1S/C29H29FN2O3/c30-23-9-7-20(8-10-23)27(33)26-16-21-4-3-5-22-17-29(34-14-15-35-29)12-11-28(22,25(21)19-32-26)18-24-6-1-2-13-31-24/h1-2,6-10,13,16,19,22H,3-5,11-12,14-15,17-18H2. The van der Waals surface area contributed by atoms with Gasteiger partial charge in [0.05, 0.1) is 13.2 Å². The van der Waals surface area contributed by atoms with Gasteiger partial charge in [-0.1, -0.05) is 6.07 Å². The van der Waals surface area contributed by atoms with E-state index in [0.29, 0.717) is 30.4 Å². The number of pyridine rings is 2. The van der Waals surface area contributed by atoms with Gasteiger partial charge in [-0.15, -0.1) is 0 Å². The number of hydrogen-bond donors (Lipinski definition) is 0. The molecular weight excluding hydrogens is 443 g/mol. The highest BCUT2D eigenvalue weighted by Gasteiger charge is 2.54. The van der Waals surface area contributed by atoms with Crippen LogP contribution in [0.25, 0.3) is 0 Å². The SMILES string of the molecule is O=C(c1ccc(F)cc1)c1cc2c(cn1)C1(Cc3ccccn3)CCC3(CC1CCC2)OCCO3. The monoisotopic (exact) mass is 472 g/mol. The number of carbonyl (C=O) groups excluding carboxylic acids is 1. The van der Waals surface area contributed by atoms with Crippen molar-refractivity contribution in [3.63, 3.8) is 0 Å². The second-order valence-corrected chi connectivity index (χ2v) is 10.1. The number of fused-ring (bicyclic) bond motifs is 3. The van der Waals surface area contributed by atoms with Crippen molar-refractivity contribution in [2.24, 2.45) is 5.92 Å². The molecule has 2 aromatic heterocycles. The molecule has 2 unspecified atom stereocenters. The Morgan fingerprint density at radius 3 is 2.66 bits per heavy atom. The first-order chi connectivity index (χ1) is 17.1. The maximum Gasteiger partial charge on any atom is 0.211 e. The number of rotatable bonds is 4. The molecule has 6 heteroatoms. The largest absolute Gasteiger partial charge is 0.348 e. The Kier molecular flexibility index (Phi) is 5.73. The maximum absolute atomic E-state index is 13.4. The summed E-state index contributed by atoms with van der Waals surface area (Å²) in [5, 5.41) is 0. The number of ether oxygens (including phenoxy) is 2. The molecule has 0 amide bonds. The van der Waals surface area contributed by atoms with Gasteiger partial charge in [-0.2, -0.15) is 0 Å². The smallest absolute Gasteiger partial charge is 0.211 e. The fourth-order valence-electron chi connectivity index (χ4n) is 6.50. The lowest BCUT2D eigenvalue weighted by molar-refractivity contribution is -0.199. The average Bonchev–Trinajstić information content (AvgIpc) is 3.28. The lowest BCUT2D eigenvalue weighted by atomic mass is 9.58. The molecule has 1 aromatic carbocycles. The predicted molar refractivity (Wildman–Crippen MR) is 129 cm³/mol. The normalized spacial score (nSPS) is 25.0. The number of aryl methyl sites for hydroxylation is 1. The van der Waals surface area contributed by atoms with Crippen LogP contribution in [0, 0.1) is 11.7 Å². The highest BCUT2D eigenvalue weighted by Crippen LogP contribution is 2.55. The third-order valence-electron chi connectivity index (χ3n) is 8.19. The average molecular weight is 473 g/mol. The van der Waals surface area contributed by atoms with E-state index in [9.17, 15) is 9.18 Å². The molecular formula is C29H29FN2O3. The topological polar surface area (TPSA) is 61.3 Å². The van der Waals surface area contributed by atoms with Crippen LogP contribution in [0.4, 0.5) is 4.39 Å². The van der Waals surface area contributed by atoms with Crippen LogP contribution in [-0.2, 0) is 27.7 Å². The van der Waals surface area contributed by atoms with Crippen LogP contribution in [0.5, 0.6) is 0 Å². The van der Waals surface area contributed by atoms with E-state index in [4.69, 9.17) is 9.47 Å². The highest BCUT2D eigenvalue weighted by atomic mass is 19.1. The summed E-state index contributed by atoms with van der Waals surface area (Å²) in [6, 6.07) is 13.7. The Morgan fingerprint density at radius 2 is 1.89 bits per heavy atom. The molecule has 1 saturated carbocycles. The quantitative estimate of drug-likeness (QED) is 0.488. The molecule has 2 fully saturated rings. The first kappa shape index (κ1) is 22.5. The Labute approximate surface area is 204 Å². The van der Waals surface area contributed by atoms with E-state index in [1.54, 1.807) is 0 Å². The summed E-state index contributed by atoms with van der Waals surface area (Å²) in [4.78, 5) is 22.5. The molecule has 5 nitrogen and oxygen atoms in total. The zero-order valence-corrected chi connectivity index (χ0v) is 19.7. The summed E-state index contributed by atoms with van der Waals surface area (Å²) < 4.78 is 25.6. The Balaban J connectivity index is 1.41. The summed E-state index contributed by atoms with van der Waals surface area (Å²) in [6.45, 7) is 1.32. The van der Waals surface area contributed by atoms with Crippen LogP contribution in [0.1, 0.15) is 65.0 Å². The lowest BCUT2D eigenvalue weighted by Crippen LogP contribution is -2.49. The Hall–Kier alpha value is -2.96. The van der Waals surface area contributed by atoms with Crippen LogP contribution in [0.15, 0.2) is 60.9 Å². The lowest BCUT2D eigenvalue weighted by Gasteiger charge is -2.49. The van der Waals surface area contributed by atoms with Gasteiger partial charge in [0, 0.05) is 41.9 Å². The number of carbonyl (C=O) groups is 1. The van der Waals surface area contributed by atoms with E-state index in [1.165, 1.54) is 35.4 Å². The van der Waals surface area contributed by atoms with Crippen molar-refractivity contribution in [2.75, 3.05) is 13.2 Å². The summed E-state index contributed by atoms with van der Waals surface area (Å²) in [6.07, 6.45) is 10.3. The Morgan fingerprint density at radius 1 is 1.06 bits per heavy atom. The summed E-state index contributed by atoms with van der Waals surface area (Å²) >= 11 is 0. The van der Waals surface area contributed by atoms with Crippen molar-refractivity contribution >= 4 is 5.78 Å². The molecule has 1 aliphatic heterocycles. The molecule has 0 radical (unpaired) electrons. The number of nitrogens with zero attached hydrogens (tertiary/aromatic N) is 2. The van der Waals surface area contributed by atoms with Crippen molar-refractivity contribution in [3.05, 3.63) is 94.8 Å². The zero-order chi connectivity index (χ0) is 23.9. The molecule has 2 aliphatic carbocycles. The maximum atomic E-state index is 13.4. The van der Waals surface area contributed by atoms with E-state index in [-0.39, 0.29) is 17.0 Å². The molecule has 0 bridgehead atoms. The summed E-state index contributed by atoms with van der Waals surface area (Å²) in [5.41, 5.74) is 4.22. The van der Waals surface area contributed by atoms with E-state index in [0.717, 1.165) is 50.6 Å². The minimum atomic E-state index is -0.464. The zero-order valence-electron chi connectivity index (χ0n) is 19.7. The van der Waals surface area contributed by atoms with Gasteiger partial charge in [-0.25, -0.2) is 4.39 Å². The van der Waals surface area contributed by atoms with Gasteiger partial charge in [0.15, 0.2) is 5.79 Å². The predicted octanol–water partition coefficient (Wildman–Crippen LogP) is 5.21. The fourth-order valence-corrected chi connectivity index (χ4v) is 6.50. The second-order valence-electron chi connectivity index (χ2n) is 10.1. The van der Waals surface area contributed by atoms with Crippen molar-refractivity contribution in [2.45, 2.75) is 56.1 Å². The van der Waals surface area contributed by atoms with Gasteiger partial charge < -0.3 is 9.47 Å². The Bertz CT molecular complexity index is 1220.